The van der Waals surface area contributed by atoms with Crippen molar-refractivity contribution in [1.29, 1.82) is 0 Å². The molecule has 0 aliphatic heterocycles. The average Bonchev–Trinajstić information content (AvgIpc) is 2.54. The molecule has 0 aliphatic carbocycles. The van der Waals surface area contributed by atoms with Crippen molar-refractivity contribution < 1.29 is 23.1 Å². The van der Waals surface area contributed by atoms with Crippen molar-refractivity contribution in [1.82, 2.24) is 5.32 Å². The van der Waals surface area contributed by atoms with Gasteiger partial charge in [0.25, 0.3) is 5.91 Å². The van der Waals surface area contributed by atoms with Gasteiger partial charge in [-0.25, -0.2) is 0 Å². The van der Waals surface area contributed by atoms with E-state index >= 15 is 0 Å². The van der Waals surface area contributed by atoms with E-state index in [1.54, 1.807) is 0 Å². The van der Waals surface area contributed by atoms with E-state index in [-0.39, 0.29) is 17.1 Å². The van der Waals surface area contributed by atoms with Crippen molar-refractivity contribution in [2.24, 2.45) is 0 Å². The van der Waals surface area contributed by atoms with E-state index < -0.39 is 18.4 Å². The van der Waals surface area contributed by atoms with Crippen molar-refractivity contribution >= 4 is 39.5 Å². The lowest BCUT2D eigenvalue weighted by molar-refractivity contribution is -0.117. The average molecular weight is 416 g/mol. The van der Waals surface area contributed by atoms with Gasteiger partial charge in [-0.3, -0.25) is 14.9 Å². The van der Waals surface area contributed by atoms with Crippen molar-refractivity contribution in [2.75, 3.05) is 5.75 Å². The zero-order chi connectivity index (χ0) is 17.5. The van der Waals surface area contributed by atoms with Crippen LogP contribution in [0, 0.1) is 0 Å². The summed E-state index contributed by atoms with van der Waals surface area (Å²) in [5.41, 5.74) is 0.179. The molecular formula is C16H12BrF2NO3S. The summed E-state index contributed by atoms with van der Waals surface area (Å²) in [5.74, 6) is -1.01. The number of alkyl halides is 2. The Morgan fingerprint density at radius 2 is 1.71 bits per heavy atom. The van der Waals surface area contributed by atoms with E-state index in [0.29, 0.717) is 0 Å². The highest BCUT2D eigenvalue weighted by atomic mass is 79.9. The third-order valence-electron chi connectivity index (χ3n) is 2.78. The molecule has 8 heteroatoms. The van der Waals surface area contributed by atoms with Gasteiger partial charge < -0.3 is 4.74 Å². The first kappa shape index (κ1) is 18.4. The minimum absolute atomic E-state index is 0.0568. The number of thioether (sulfide) groups is 1. The number of hydrogen-bond donors (Lipinski definition) is 1. The number of carbonyl (C=O) groups is 2. The van der Waals surface area contributed by atoms with Gasteiger partial charge in [0, 0.05) is 14.9 Å². The summed E-state index contributed by atoms with van der Waals surface area (Å²) >= 11 is 4.61. The zero-order valence-corrected chi connectivity index (χ0v) is 14.6. The second-order valence-electron chi connectivity index (χ2n) is 4.52. The fourth-order valence-corrected chi connectivity index (χ4v) is 2.67. The minimum Gasteiger partial charge on any atom is -0.435 e. The molecule has 0 unspecified atom stereocenters. The van der Waals surface area contributed by atoms with Gasteiger partial charge in [0.1, 0.15) is 5.75 Å². The Balaban J connectivity index is 1.84. The van der Waals surface area contributed by atoms with Crippen LogP contribution in [0.4, 0.5) is 8.78 Å². The van der Waals surface area contributed by atoms with Crippen LogP contribution in [0.15, 0.2) is 57.9 Å². The predicted molar refractivity (Wildman–Crippen MR) is 90.4 cm³/mol. The van der Waals surface area contributed by atoms with Gasteiger partial charge in [0.05, 0.1) is 5.75 Å². The Morgan fingerprint density at radius 3 is 2.29 bits per heavy atom. The molecule has 0 aliphatic rings. The van der Waals surface area contributed by atoms with Crippen molar-refractivity contribution in [3.63, 3.8) is 0 Å². The number of ether oxygens (including phenoxy) is 1. The Morgan fingerprint density at radius 1 is 1.08 bits per heavy atom. The molecule has 0 bridgehead atoms. The van der Waals surface area contributed by atoms with Crippen LogP contribution in [0.5, 0.6) is 5.75 Å². The van der Waals surface area contributed by atoms with E-state index in [2.05, 4.69) is 26.0 Å². The molecule has 0 spiro atoms. The number of carbonyl (C=O) groups excluding carboxylic acids is 2. The van der Waals surface area contributed by atoms with E-state index in [1.165, 1.54) is 36.0 Å². The van der Waals surface area contributed by atoms with Gasteiger partial charge in [-0.05, 0) is 48.5 Å². The molecule has 2 aromatic carbocycles. The summed E-state index contributed by atoms with van der Waals surface area (Å²) in [5, 5.41) is 2.24. The number of nitrogens with one attached hydrogen (secondary N) is 1. The van der Waals surface area contributed by atoms with Crippen molar-refractivity contribution in [2.45, 2.75) is 11.5 Å². The molecule has 0 fully saturated rings. The van der Waals surface area contributed by atoms with E-state index in [1.807, 2.05) is 24.3 Å². The van der Waals surface area contributed by atoms with Gasteiger partial charge in [-0.2, -0.15) is 8.78 Å². The van der Waals surface area contributed by atoms with E-state index in [0.717, 1.165) is 9.37 Å². The number of amides is 2. The summed E-state index contributed by atoms with van der Waals surface area (Å²) in [7, 11) is 0. The maximum atomic E-state index is 12.0. The highest BCUT2D eigenvalue weighted by Crippen LogP contribution is 2.20. The fourth-order valence-electron chi connectivity index (χ4n) is 1.70. The first-order chi connectivity index (χ1) is 11.4. The highest BCUT2D eigenvalue weighted by molar-refractivity contribution is 9.10. The topological polar surface area (TPSA) is 55.4 Å². The lowest BCUT2D eigenvalue weighted by Crippen LogP contribution is -2.31. The number of benzene rings is 2. The van der Waals surface area contributed by atoms with E-state index in [4.69, 9.17) is 0 Å². The zero-order valence-electron chi connectivity index (χ0n) is 12.2. The number of rotatable bonds is 6. The van der Waals surface area contributed by atoms with Crippen molar-refractivity contribution in [3.8, 4) is 5.75 Å². The predicted octanol–water partition coefficient (Wildman–Crippen LogP) is 4.10. The maximum Gasteiger partial charge on any atom is 0.387 e. The van der Waals surface area contributed by atoms with Crippen LogP contribution in [0.3, 0.4) is 0 Å². The molecule has 24 heavy (non-hydrogen) atoms. The van der Waals surface area contributed by atoms with Crippen LogP contribution in [0.2, 0.25) is 0 Å². The molecule has 0 saturated carbocycles. The molecule has 0 heterocycles. The molecule has 1 N–H and O–H groups in total. The Bertz CT molecular complexity index is 708. The summed E-state index contributed by atoms with van der Waals surface area (Å²) in [6.07, 6.45) is 0. The summed E-state index contributed by atoms with van der Waals surface area (Å²) in [4.78, 5) is 24.6. The van der Waals surface area contributed by atoms with Gasteiger partial charge in [0.2, 0.25) is 5.91 Å². The standard InChI is InChI=1S/C16H12BrF2NO3S/c17-11-3-7-13(8-4-11)24-9-14(21)20-15(22)10-1-5-12(6-2-10)23-16(18)19/h1-8,16H,9H2,(H,20,21,22). The molecular weight excluding hydrogens is 404 g/mol. The molecule has 0 aromatic heterocycles. The molecule has 2 amide bonds. The van der Waals surface area contributed by atoms with Gasteiger partial charge >= 0.3 is 6.61 Å². The number of hydrogen-bond acceptors (Lipinski definition) is 4. The summed E-state index contributed by atoms with van der Waals surface area (Å²) < 4.78 is 29.2. The molecule has 4 nitrogen and oxygen atoms in total. The first-order valence-electron chi connectivity index (χ1n) is 6.71. The second-order valence-corrected chi connectivity index (χ2v) is 6.49. The number of imide groups is 1. The van der Waals surface area contributed by atoms with Crippen LogP contribution in [0.1, 0.15) is 10.4 Å². The molecule has 126 valence electrons. The smallest absolute Gasteiger partial charge is 0.387 e. The van der Waals surface area contributed by atoms with Crippen LogP contribution in [0.25, 0.3) is 0 Å². The second kappa shape index (κ2) is 8.79. The minimum atomic E-state index is -2.93. The summed E-state index contributed by atoms with van der Waals surface area (Å²) in [6, 6.07) is 12.5. The molecule has 0 atom stereocenters. The molecule has 2 aromatic rings. The third-order valence-corrected chi connectivity index (χ3v) is 4.32. The first-order valence-corrected chi connectivity index (χ1v) is 8.49. The SMILES string of the molecule is O=C(CSc1ccc(Br)cc1)NC(=O)c1ccc(OC(F)F)cc1. The van der Waals surface area contributed by atoms with Crippen LogP contribution < -0.4 is 10.1 Å². The van der Waals surface area contributed by atoms with Crippen LogP contribution in [-0.4, -0.2) is 24.2 Å². The monoisotopic (exact) mass is 415 g/mol. The molecule has 0 radical (unpaired) electrons. The summed E-state index contributed by atoms with van der Waals surface area (Å²) in [6.45, 7) is -2.93. The lowest BCUT2D eigenvalue weighted by Gasteiger charge is -2.06. The highest BCUT2D eigenvalue weighted by Gasteiger charge is 2.12. The van der Waals surface area contributed by atoms with Gasteiger partial charge in [0.15, 0.2) is 0 Å². The lowest BCUT2D eigenvalue weighted by atomic mass is 10.2. The quantitative estimate of drug-likeness (QED) is 0.721. The normalized spacial score (nSPS) is 10.5. The Labute approximate surface area is 149 Å². The van der Waals surface area contributed by atoms with Crippen LogP contribution in [-0.2, 0) is 4.79 Å². The van der Waals surface area contributed by atoms with Gasteiger partial charge in [-0.15, -0.1) is 11.8 Å². The third kappa shape index (κ3) is 5.93. The largest absolute Gasteiger partial charge is 0.435 e. The van der Waals surface area contributed by atoms with Gasteiger partial charge in [-0.1, -0.05) is 15.9 Å². The van der Waals surface area contributed by atoms with E-state index in [9.17, 15) is 18.4 Å². The van der Waals surface area contributed by atoms with Crippen molar-refractivity contribution in [3.05, 3.63) is 58.6 Å². The Hall–Kier alpha value is -1.93. The fraction of sp³-hybridized carbons (Fsp3) is 0.125. The number of halogens is 3. The Kier molecular flexibility index (Phi) is 6.74. The van der Waals surface area contributed by atoms with Crippen LogP contribution >= 0.6 is 27.7 Å². The molecule has 2 rings (SSSR count). The maximum absolute atomic E-state index is 12.0. The molecule has 0 saturated heterocycles.